The van der Waals surface area contributed by atoms with Crippen LogP contribution in [-0.4, -0.2) is 28.4 Å². The SMILES string of the molecule is CC(C)[C@H](N)C(=O)OCn1ccs/c1=N\C(=O)c1ccc(NC(=O)CC2CCCC2)c(Cl)c1.Cl. The number of benzene rings is 1. The van der Waals surface area contributed by atoms with Crippen LogP contribution in [0.25, 0.3) is 0 Å². The van der Waals surface area contributed by atoms with Gasteiger partial charge in [-0.3, -0.25) is 19.0 Å². The number of rotatable bonds is 8. The van der Waals surface area contributed by atoms with Gasteiger partial charge in [-0.1, -0.05) is 38.3 Å². The molecule has 1 fully saturated rings. The molecular formula is C23H30Cl2N4O4S. The molecule has 186 valence electrons. The summed E-state index contributed by atoms with van der Waals surface area (Å²) in [7, 11) is 0. The number of carbonyl (C=O) groups is 3. The van der Waals surface area contributed by atoms with Crippen molar-refractivity contribution >= 4 is 58.8 Å². The number of carbonyl (C=O) groups excluding carboxylic acids is 3. The second-order valence-electron chi connectivity index (χ2n) is 8.53. The monoisotopic (exact) mass is 528 g/mol. The Morgan fingerprint density at radius 1 is 1.29 bits per heavy atom. The zero-order valence-electron chi connectivity index (χ0n) is 19.2. The summed E-state index contributed by atoms with van der Waals surface area (Å²) in [4.78, 5) is 41.4. The van der Waals surface area contributed by atoms with Crippen LogP contribution >= 0.6 is 35.3 Å². The Bertz CT molecular complexity index is 1080. The number of thiazole rings is 1. The number of nitrogens with one attached hydrogen (secondary N) is 1. The number of nitrogens with zero attached hydrogens (tertiary/aromatic N) is 2. The van der Waals surface area contributed by atoms with E-state index in [0.717, 1.165) is 12.8 Å². The lowest BCUT2D eigenvalue weighted by molar-refractivity contribution is -0.150. The molecule has 2 amide bonds. The van der Waals surface area contributed by atoms with Gasteiger partial charge in [-0.25, -0.2) is 0 Å². The number of hydrogen-bond donors (Lipinski definition) is 2. The number of halogens is 2. The predicted molar refractivity (Wildman–Crippen MR) is 135 cm³/mol. The second kappa shape index (κ2) is 13.0. The molecule has 1 saturated carbocycles. The Hall–Kier alpha value is -2.20. The molecule has 0 saturated heterocycles. The first-order chi connectivity index (χ1) is 15.7. The molecule has 2 aromatic rings. The normalized spacial score (nSPS) is 15.1. The maximum absolute atomic E-state index is 12.7. The van der Waals surface area contributed by atoms with Gasteiger partial charge in [0, 0.05) is 23.6 Å². The van der Waals surface area contributed by atoms with Crippen LogP contribution < -0.4 is 15.9 Å². The van der Waals surface area contributed by atoms with Gasteiger partial charge in [-0.05, 0) is 42.9 Å². The number of ether oxygens (including phenoxy) is 1. The van der Waals surface area contributed by atoms with Crippen LogP contribution in [0.2, 0.25) is 5.02 Å². The van der Waals surface area contributed by atoms with Gasteiger partial charge in [-0.2, -0.15) is 4.99 Å². The number of hydrogen-bond acceptors (Lipinski definition) is 6. The van der Waals surface area contributed by atoms with Crippen LogP contribution in [0.5, 0.6) is 0 Å². The molecule has 0 spiro atoms. The molecule has 0 bridgehead atoms. The highest BCUT2D eigenvalue weighted by molar-refractivity contribution is 7.07. The summed E-state index contributed by atoms with van der Waals surface area (Å²) >= 11 is 7.54. The Kier molecular flexibility index (Phi) is 10.8. The van der Waals surface area contributed by atoms with Crippen molar-refractivity contribution in [2.24, 2.45) is 22.6 Å². The third-order valence-corrected chi connectivity index (χ3v) is 6.74. The van der Waals surface area contributed by atoms with E-state index >= 15 is 0 Å². The Balaban J connectivity index is 0.00000408. The van der Waals surface area contributed by atoms with Crippen molar-refractivity contribution in [1.82, 2.24) is 4.57 Å². The van der Waals surface area contributed by atoms with E-state index in [4.69, 9.17) is 22.1 Å². The number of esters is 1. The lowest BCUT2D eigenvalue weighted by Crippen LogP contribution is -2.37. The fourth-order valence-electron chi connectivity index (χ4n) is 3.57. The van der Waals surface area contributed by atoms with E-state index in [1.54, 1.807) is 28.3 Å². The van der Waals surface area contributed by atoms with Crippen LogP contribution in [0, 0.1) is 11.8 Å². The molecule has 3 N–H and O–H groups in total. The van der Waals surface area contributed by atoms with Gasteiger partial charge in [0.15, 0.2) is 11.5 Å². The molecule has 1 aliphatic carbocycles. The molecule has 8 nitrogen and oxygen atoms in total. The highest BCUT2D eigenvalue weighted by atomic mass is 35.5. The van der Waals surface area contributed by atoms with Crippen LogP contribution in [0.1, 0.15) is 56.3 Å². The van der Waals surface area contributed by atoms with Crippen LogP contribution in [0.3, 0.4) is 0 Å². The summed E-state index contributed by atoms with van der Waals surface area (Å²) in [6, 6.07) is 3.95. The summed E-state index contributed by atoms with van der Waals surface area (Å²) < 4.78 is 6.78. The number of nitrogens with two attached hydrogens (primary N) is 1. The molecular weight excluding hydrogens is 499 g/mol. The highest BCUT2D eigenvalue weighted by Crippen LogP contribution is 2.29. The van der Waals surface area contributed by atoms with Crippen molar-refractivity contribution in [2.75, 3.05) is 5.32 Å². The van der Waals surface area contributed by atoms with Gasteiger partial charge in [0.1, 0.15) is 6.04 Å². The van der Waals surface area contributed by atoms with Crippen molar-refractivity contribution < 1.29 is 19.1 Å². The van der Waals surface area contributed by atoms with E-state index in [2.05, 4.69) is 10.3 Å². The van der Waals surface area contributed by atoms with Gasteiger partial charge < -0.3 is 15.8 Å². The first-order valence-electron chi connectivity index (χ1n) is 11.0. The molecule has 0 aliphatic heterocycles. The molecule has 3 rings (SSSR count). The van der Waals surface area contributed by atoms with Gasteiger partial charge in [0.2, 0.25) is 5.91 Å². The first-order valence-corrected chi connectivity index (χ1v) is 12.2. The standard InChI is InChI=1S/C23H29ClN4O4S.ClH/c1-14(2)20(25)22(31)32-13-28-9-10-33-23(28)27-21(30)16-7-8-18(17(24)12-16)26-19(29)11-15-5-3-4-6-15;/h7-10,12,14-15,20H,3-6,11,13,25H2,1-2H3,(H,26,29);1H/b27-23-;/t20-;/m0./s1. The van der Waals surface area contributed by atoms with Gasteiger partial charge in [-0.15, -0.1) is 23.7 Å². The molecule has 1 aliphatic rings. The average Bonchev–Trinajstić information content (AvgIpc) is 3.44. The van der Waals surface area contributed by atoms with Crippen LogP contribution in [-0.2, 0) is 21.1 Å². The summed E-state index contributed by atoms with van der Waals surface area (Å²) in [6.45, 7) is 3.57. The van der Waals surface area contributed by atoms with Gasteiger partial charge in [0.25, 0.3) is 5.91 Å². The Morgan fingerprint density at radius 2 is 2.00 bits per heavy atom. The minimum Gasteiger partial charge on any atom is -0.443 e. The van der Waals surface area contributed by atoms with E-state index in [1.165, 1.54) is 30.2 Å². The van der Waals surface area contributed by atoms with Crippen molar-refractivity contribution in [3.63, 3.8) is 0 Å². The third kappa shape index (κ3) is 7.66. The smallest absolute Gasteiger partial charge is 0.324 e. The zero-order valence-corrected chi connectivity index (χ0v) is 21.5. The van der Waals surface area contributed by atoms with E-state index in [9.17, 15) is 14.4 Å². The third-order valence-electron chi connectivity index (χ3n) is 5.63. The minimum atomic E-state index is -0.717. The number of anilines is 1. The van der Waals surface area contributed by atoms with Gasteiger partial charge >= 0.3 is 5.97 Å². The largest absolute Gasteiger partial charge is 0.443 e. The number of aromatic nitrogens is 1. The average molecular weight is 529 g/mol. The quantitative estimate of drug-likeness (QED) is 0.493. The van der Waals surface area contributed by atoms with E-state index in [1.807, 2.05) is 13.8 Å². The van der Waals surface area contributed by atoms with Crippen LogP contribution in [0.15, 0.2) is 34.8 Å². The van der Waals surface area contributed by atoms with Crippen molar-refractivity contribution in [2.45, 2.75) is 58.7 Å². The van der Waals surface area contributed by atoms with Crippen LogP contribution in [0.4, 0.5) is 5.69 Å². The summed E-state index contributed by atoms with van der Waals surface area (Å²) in [5, 5.41) is 4.83. The molecule has 1 aromatic carbocycles. The molecule has 1 aromatic heterocycles. The first kappa shape index (κ1) is 28.0. The molecule has 1 heterocycles. The lowest BCUT2D eigenvalue weighted by atomic mass is 10.0. The van der Waals surface area contributed by atoms with Gasteiger partial charge in [0.05, 0.1) is 10.7 Å². The van der Waals surface area contributed by atoms with E-state index < -0.39 is 17.9 Å². The van der Waals surface area contributed by atoms with Crippen molar-refractivity contribution in [3.05, 3.63) is 45.2 Å². The maximum atomic E-state index is 12.7. The molecule has 0 radical (unpaired) electrons. The highest BCUT2D eigenvalue weighted by Gasteiger charge is 2.20. The Morgan fingerprint density at radius 3 is 2.65 bits per heavy atom. The molecule has 0 unspecified atom stereocenters. The second-order valence-corrected chi connectivity index (χ2v) is 9.81. The summed E-state index contributed by atoms with van der Waals surface area (Å²) in [5.41, 5.74) is 6.55. The topological polar surface area (TPSA) is 116 Å². The number of amides is 2. The summed E-state index contributed by atoms with van der Waals surface area (Å²) in [5.74, 6) is -0.698. The Labute approximate surface area is 214 Å². The fourth-order valence-corrected chi connectivity index (χ4v) is 4.51. The molecule has 1 atom stereocenters. The fraction of sp³-hybridized carbons (Fsp3) is 0.478. The summed E-state index contributed by atoms with van der Waals surface area (Å²) in [6.07, 6.45) is 6.68. The van der Waals surface area contributed by atoms with Crippen molar-refractivity contribution in [1.29, 1.82) is 0 Å². The molecule has 34 heavy (non-hydrogen) atoms. The van der Waals surface area contributed by atoms with E-state index in [0.29, 0.717) is 22.8 Å². The molecule has 11 heteroatoms. The van der Waals surface area contributed by atoms with E-state index in [-0.39, 0.29) is 41.5 Å². The maximum Gasteiger partial charge on any atom is 0.324 e. The zero-order chi connectivity index (χ0) is 24.0. The minimum absolute atomic E-state index is 0. The predicted octanol–water partition coefficient (Wildman–Crippen LogP) is 4.37. The van der Waals surface area contributed by atoms with Crippen molar-refractivity contribution in [3.8, 4) is 0 Å². The lowest BCUT2D eigenvalue weighted by Gasteiger charge is -2.14.